The molecule has 1 aliphatic heterocycles. The van der Waals surface area contributed by atoms with Gasteiger partial charge in [-0.25, -0.2) is 0 Å². The highest BCUT2D eigenvalue weighted by Crippen LogP contribution is 2.44. The molecule has 2 atom stereocenters. The Balaban J connectivity index is 2.00. The molecule has 0 aromatic heterocycles. The number of fused-ring (bicyclic) bond motifs is 1. The second-order valence-corrected chi connectivity index (χ2v) is 3.34. The highest BCUT2D eigenvalue weighted by atomic mass is 32.1. The molecule has 2 N–H and O–H groups in total. The molecular weight excluding hydrogens is 120 g/mol. The summed E-state index contributed by atoms with van der Waals surface area (Å²) < 4.78 is 2.05. The first-order chi connectivity index (χ1) is 3.79. The van der Waals surface area contributed by atoms with Gasteiger partial charge in [0.15, 0.2) is 0 Å². The maximum atomic E-state index is 5.67. The van der Waals surface area contributed by atoms with Crippen molar-refractivity contribution in [3.05, 3.63) is 0 Å². The summed E-state index contributed by atoms with van der Waals surface area (Å²) in [5.74, 6) is 1.57. The summed E-state index contributed by atoms with van der Waals surface area (Å²) in [5, 5.41) is 0. The van der Waals surface area contributed by atoms with E-state index in [1.807, 2.05) is 0 Å². The smallest absolute Gasteiger partial charge is 0.0134 e. The molecule has 2 fully saturated rings. The Hall–Kier alpha value is 0.270. The molecule has 0 spiro atoms. The van der Waals surface area contributed by atoms with Gasteiger partial charge in [0.2, 0.25) is 0 Å². The fourth-order valence-electron chi connectivity index (χ4n) is 1.55. The summed E-state index contributed by atoms with van der Waals surface area (Å²) in [5.41, 5.74) is 5.67. The second-order valence-electron chi connectivity index (χ2n) is 2.78. The summed E-state index contributed by atoms with van der Waals surface area (Å²) in [6.45, 7) is 2.21. The van der Waals surface area contributed by atoms with Gasteiger partial charge in [-0.15, -0.1) is 0 Å². The Morgan fingerprint density at radius 3 is 2.25 bits per heavy atom. The van der Waals surface area contributed by atoms with Crippen molar-refractivity contribution in [1.82, 2.24) is 4.31 Å². The normalized spacial score (nSPS) is 54.0. The molecule has 0 aromatic rings. The van der Waals surface area contributed by atoms with Crippen molar-refractivity contribution in [2.45, 2.75) is 6.04 Å². The van der Waals surface area contributed by atoms with E-state index in [0.717, 1.165) is 24.9 Å². The molecule has 8 heavy (non-hydrogen) atoms. The lowest BCUT2D eigenvalue weighted by atomic mass is 10.4. The van der Waals surface area contributed by atoms with E-state index in [4.69, 9.17) is 5.73 Å². The van der Waals surface area contributed by atoms with E-state index in [0.29, 0.717) is 6.04 Å². The van der Waals surface area contributed by atoms with Gasteiger partial charge in [0.25, 0.3) is 0 Å². The predicted molar refractivity (Wildman–Crippen MR) is 35.5 cm³/mol. The van der Waals surface area contributed by atoms with Crippen LogP contribution in [-0.4, -0.2) is 23.4 Å². The van der Waals surface area contributed by atoms with Crippen molar-refractivity contribution >= 4 is 12.8 Å². The quantitative estimate of drug-likeness (QED) is 0.442. The molecule has 2 rings (SSSR count). The minimum absolute atomic E-state index is 0.512. The maximum absolute atomic E-state index is 5.67. The lowest BCUT2D eigenvalue weighted by Gasteiger charge is -2.07. The molecule has 0 bridgehead atoms. The first-order valence-electron chi connectivity index (χ1n) is 2.98. The van der Waals surface area contributed by atoms with E-state index in [-0.39, 0.29) is 0 Å². The number of nitrogens with zero attached hydrogens (tertiary/aromatic N) is 1. The molecule has 1 saturated heterocycles. The van der Waals surface area contributed by atoms with Gasteiger partial charge in [0, 0.05) is 19.1 Å². The fourth-order valence-corrected chi connectivity index (χ4v) is 1.93. The Bertz CT molecular complexity index is 105. The topological polar surface area (TPSA) is 29.3 Å². The van der Waals surface area contributed by atoms with Crippen LogP contribution in [0.4, 0.5) is 0 Å². The van der Waals surface area contributed by atoms with Crippen LogP contribution in [0, 0.1) is 11.8 Å². The lowest BCUT2D eigenvalue weighted by molar-refractivity contribution is 0.503. The third-order valence-electron chi connectivity index (χ3n) is 2.24. The van der Waals surface area contributed by atoms with Crippen LogP contribution in [0.2, 0.25) is 0 Å². The zero-order valence-electron chi connectivity index (χ0n) is 4.62. The van der Waals surface area contributed by atoms with Gasteiger partial charge in [0.1, 0.15) is 0 Å². The van der Waals surface area contributed by atoms with Crippen molar-refractivity contribution in [1.29, 1.82) is 0 Å². The molecule has 0 amide bonds. The molecule has 2 unspecified atom stereocenters. The summed E-state index contributed by atoms with van der Waals surface area (Å²) in [7, 11) is 0. The zero-order valence-corrected chi connectivity index (χ0v) is 5.51. The first-order valence-corrected chi connectivity index (χ1v) is 3.38. The highest BCUT2D eigenvalue weighted by Gasteiger charge is 2.52. The number of piperidine rings is 1. The van der Waals surface area contributed by atoms with E-state index < -0.39 is 0 Å². The first kappa shape index (κ1) is 5.09. The lowest BCUT2D eigenvalue weighted by Crippen LogP contribution is -2.20. The maximum Gasteiger partial charge on any atom is 0.0134 e. The van der Waals surface area contributed by atoms with Crippen LogP contribution in [0.1, 0.15) is 0 Å². The van der Waals surface area contributed by atoms with Crippen molar-refractivity contribution < 1.29 is 0 Å². The zero-order chi connectivity index (χ0) is 5.72. The summed E-state index contributed by atoms with van der Waals surface area (Å²) >= 11 is 4.20. The highest BCUT2D eigenvalue weighted by molar-refractivity contribution is 7.77. The van der Waals surface area contributed by atoms with E-state index in [9.17, 15) is 0 Å². The minimum atomic E-state index is 0.512. The van der Waals surface area contributed by atoms with Crippen LogP contribution in [0.3, 0.4) is 0 Å². The number of rotatable bonds is 0. The van der Waals surface area contributed by atoms with Gasteiger partial charge in [-0.3, -0.25) is 4.31 Å². The largest absolute Gasteiger partial charge is 0.327 e. The summed E-state index contributed by atoms with van der Waals surface area (Å²) in [4.78, 5) is 0. The summed E-state index contributed by atoms with van der Waals surface area (Å²) in [6.07, 6.45) is 0. The minimum Gasteiger partial charge on any atom is -0.327 e. The van der Waals surface area contributed by atoms with Crippen molar-refractivity contribution in [3.63, 3.8) is 0 Å². The third kappa shape index (κ3) is 0.522. The van der Waals surface area contributed by atoms with E-state index in [1.54, 1.807) is 0 Å². The SMILES string of the molecule is NC1C2CN(S)CC12. The van der Waals surface area contributed by atoms with E-state index >= 15 is 0 Å². The molecule has 2 nitrogen and oxygen atoms in total. The van der Waals surface area contributed by atoms with Crippen molar-refractivity contribution in [2.24, 2.45) is 17.6 Å². The van der Waals surface area contributed by atoms with Gasteiger partial charge in [-0.05, 0) is 11.8 Å². The van der Waals surface area contributed by atoms with Gasteiger partial charge in [-0.1, -0.05) is 12.8 Å². The van der Waals surface area contributed by atoms with Crippen LogP contribution in [-0.2, 0) is 0 Å². The fraction of sp³-hybridized carbons (Fsp3) is 1.00. The molecule has 3 heteroatoms. The summed E-state index contributed by atoms with van der Waals surface area (Å²) in [6, 6.07) is 0.512. The molecule has 46 valence electrons. The average molecular weight is 130 g/mol. The molecule has 0 radical (unpaired) electrons. The predicted octanol–water partition coefficient (Wildman–Crippen LogP) is -0.280. The van der Waals surface area contributed by atoms with Crippen LogP contribution < -0.4 is 5.73 Å². The van der Waals surface area contributed by atoms with Crippen molar-refractivity contribution in [3.8, 4) is 0 Å². The van der Waals surface area contributed by atoms with Gasteiger partial charge < -0.3 is 5.73 Å². The Kier molecular flexibility index (Phi) is 0.892. The van der Waals surface area contributed by atoms with Crippen LogP contribution >= 0.6 is 12.8 Å². The molecule has 0 aromatic carbocycles. The number of nitrogens with two attached hydrogens (primary N) is 1. The van der Waals surface area contributed by atoms with Crippen LogP contribution in [0.25, 0.3) is 0 Å². The average Bonchev–Trinajstić information content (AvgIpc) is 2.29. The van der Waals surface area contributed by atoms with Gasteiger partial charge in [-0.2, -0.15) is 0 Å². The van der Waals surface area contributed by atoms with Crippen LogP contribution in [0.5, 0.6) is 0 Å². The molecule has 1 aliphatic carbocycles. The molecule has 1 heterocycles. The number of hydrogen-bond acceptors (Lipinski definition) is 3. The Labute approximate surface area is 54.6 Å². The number of hydrogen-bond donors (Lipinski definition) is 2. The van der Waals surface area contributed by atoms with Gasteiger partial charge in [0.05, 0.1) is 0 Å². The van der Waals surface area contributed by atoms with Crippen molar-refractivity contribution in [2.75, 3.05) is 13.1 Å². The second kappa shape index (κ2) is 1.40. The standard InChI is InChI=1S/C5H10N2S/c6-5-3-1-7(8)2-4(3)5/h3-5,8H,1-2,6H2. The third-order valence-corrected chi connectivity index (χ3v) is 2.57. The molecule has 1 saturated carbocycles. The molecular formula is C5H10N2S. The Morgan fingerprint density at radius 1 is 1.38 bits per heavy atom. The number of thiol groups is 1. The van der Waals surface area contributed by atoms with Crippen LogP contribution in [0.15, 0.2) is 0 Å². The monoisotopic (exact) mass is 130 g/mol. The van der Waals surface area contributed by atoms with Gasteiger partial charge >= 0.3 is 0 Å². The molecule has 2 aliphatic rings. The Morgan fingerprint density at radius 2 is 1.88 bits per heavy atom. The van der Waals surface area contributed by atoms with E-state index in [1.165, 1.54) is 0 Å². The van der Waals surface area contributed by atoms with E-state index in [2.05, 4.69) is 17.1 Å².